The standard InChI is InChI=1S/C13H17FN2O2/c1-16(10-4-6-18-7-5-10)13(17)11-3-2-9(14)8-12(11)15/h2-3,8,10H,4-7,15H2,1H3. The zero-order chi connectivity index (χ0) is 13.1. The predicted octanol–water partition coefficient (Wildman–Crippen LogP) is 1.66. The maximum absolute atomic E-state index is 12.9. The van der Waals surface area contributed by atoms with E-state index >= 15 is 0 Å². The highest BCUT2D eigenvalue weighted by Crippen LogP contribution is 2.19. The van der Waals surface area contributed by atoms with Crippen molar-refractivity contribution in [3.05, 3.63) is 29.6 Å². The van der Waals surface area contributed by atoms with Gasteiger partial charge in [-0.15, -0.1) is 0 Å². The van der Waals surface area contributed by atoms with Crippen molar-refractivity contribution in [2.24, 2.45) is 0 Å². The van der Waals surface area contributed by atoms with Crippen molar-refractivity contribution >= 4 is 11.6 Å². The van der Waals surface area contributed by atoms with Crippen LogP contribution in [-0.4, -0.2) is 37.1 Å². The van der Waals surface area contributed by atoms with E-state index in [-0.39, 0.29) is 17.6 Å². The minimum Gasteiger partial charge on any atom is -0.398 e. The molecule has 1 heterocycles. The third-order valence-electron chi connectivity index (χ3n) is 3.30. The van der Waals surface area contributed by atoms with Gasteiger partial charge in [0.1, 0.15) is 5.82 Å². The summed E-state index contributed by atoms with van der Waals surface area (Å²) in [4.78, 5) is 13.9. The summed E-state index contributed by atoms with van der Waals surface area (Å²) in [6.07, 6.45) is 1.65. The molecular weight excluding hydrogens is 235 g/mol. The van der Waals surface area contributed by atoms with Crippen molar-refractivity contribution < 1.29 is 13.9 Å². The normalized spacial score (nSPS) is 16.6. The molecule has 4 nitrogen and oxygen atoms in total. The molecule has 1 saturated heterocycles. The Labute approximate surface area is 106 Å². The van der Waals surface area contributed by atoms with Crippen LogP contribution < -0.4 is 5.73 Å². The summed E-state index contributed by atoms with van der Waals surface area (Å²) in [5.41, 5.74) is 6.21. The predicted molar refractivity (Wildman–Crippen MR) is 66.7 cm³/mol. The lowest BCUT2D eigenvalue weighted by atomic mass is 10.1. The van der Waals surface area contributed by atoms with E-state index in [1.54, 1.807) is 11.9 Å². The van der Waals surface area contributed by atoms with E-state index in [0.29, 0.717) is 18.8 Å². The number of carbonyl (C=O) groups excluding carboxylic acids is 1. The molecule has 0 unspecified atom stereocenters. The molecule has 0 bridgehead atoms. The summed E-state index contributed by atoms with van der Waals surface area (Å²) in [7, 11) is 1.75. The van der Waals surface area contributed by atoms with Gasteiger partial charge in [0.2, 0.25) is 0 Å². The van der Waals surface area contributed by atoms with E-state index < -0.39 is 5.82 Å². The zero-order valence-corrected chi connectivity index (χ0v) is 10.4. The first kappa shape index (κ1) is 12.8. The van der Waals surface area contributed by atoms with Crippen LogP contribution >= 0.6 is 0 Å². The molecule has 0 spiro atoms. The summed E-state index contributed by atoms with van der Waals surface area (Å²) in [6.45, 7) is 1.34. The SMILES string of the molecule is CN(C(=O)c1ccc(F)cc1N)C1CCOCC1. The number of amides is 1. The summed E-state index contributed by atoms with van der Waals surface area (Å²) in [5, 5.41) is 0. The molecule has 0 atom stereocenters. The molecule has 1 aromatic rings. The molecule has 98 valence electrons. The highest BCUT2D eigenvalue weighted by Gasteiger charge is 2.24. The van der Waals surface area contributed by atoms with Crippen molar-refractivity contribution in [1.29, 1.82) is 0 Å². The number of anilines is 1. The van der Waals surface area contributed by atoms with E-state index in [1.165, 1.54) is 18.2 Å². The molecule has 18 heavy (non-hydrogen) atoms. The lowest BCUT2D eigenvalue weighted by molar-refractivity contribution is 0.0362. The molecule has 0 radical (unpaired) electrons. The summed E-state index contributed by atoms with van der Waals surface area (Å²) in [6, 6.07) is 4.02. The van der Waals surface area contributed by atoms with Crippen LogP contribution in [0.15, 0.2) is 18.2 Å². The van der Waals surface area contributed by atoms with Gasteiger partial charge < -0.3 is 15.4 Å². The van der Waals surface area contributed by atoms with Crippen molar-refractivity contribution in [3.63, 3.8) is 0 Å². The van der Waals surface area contributed by atoms with E-state index in [4.69, 9.17) is 10.5 Å². The van der Waals surface area contributed by atoms with Gasteiger partial charge in [-0.25, -0.2) is 4.39 Å². The van der Waals surface area contributed by atoms with Crippen LogP contribution in [0.1, 0.15) is 23.2 Å². The van der Waals surface area contributed by atoms with Crippen molar-refractivity contribution in [2.45, 2.75) is 18.9 Å². The Hall–Kier alpha value is -1.62. The van der Waals surface area contributed by atoms with E-state index in [1.807, 2.05) is 0 Å². The number of nitrogens with two attached hydrogens (primary N) is 1. The zero-order valence-electron chi connectivity index (χ0n) is 10.4. The Morgan fingerprint density at radius 3 is 2.72 bits per heavy atom. The van der Waals surface area contributed by atoms with E-state index in [9.17, 15) is 9.18 Å². The highest BCUT2D eigenvalue weighted by atomic mass is 19.1. The molecule has 0 aliphatic carbocycles. The Morgan fingerprint density at radius 2 is 2.11 bits per heavy atom. The first-order chi connectivity index (χ1) is 8.59. The molecule has 1 fully saturated rings. The number of hydrogen-bond acceptors (Lipinski definition) is 3. The number of carbonyl (C=O) groups is 1. The van der Waals surface area contributed by atoms with Gasteiger partial charge in [-0.2, -0.15) is 0 Å². The third-order valence-corrected chi connectivity index (χ3v) is 3.30. The molecule has 5 heteroatoms. The van der Waals surface area contributed by atoms with Gasteiger partial charge in [0, 0.05) is 32.0 Å². The Balaban J connectivity index is 2.14. The Bertz CT molecular complexity index is 445. The number of hydrogen-bond donors (Lipinski definition) is 1. The minimum absolute atomic E-state index is 0.163. The van der Waals surface area contributed by atoms with E-state index in [0.717, 1.165) is 12.8 Å². The van der Waals surface area contributed by atoms with Crippen LogP contribution in [0.5, 0.6) is 0 Å². The number of nitrogen functional groups attached to an aromatic ring is 1. The maximum Gasteiger partial charge on any atom is 0.255 e. The van der Waals surface area contributed by atoms with Gasteiger partial charge in [-0.3, -0.25) is 4.79 Å². The van der Waals surface area contributed by atoms with Crippen LogP contribution in [0.3, 0.4) is 0 Å². The van der Waals surface area contributed by atoms with Gasteiger partial charge in [0.25, 0.3) is 5.91 Å². The fourth-order valence-corrected chi connectivity index (χ4v) is 2.16. The Morgan fingerprint density at radius 1 is 1.44 bits per heavy atom. The van der Waals surface area contributed by atoms with E-state index in [2.05, 4.69) is 0 Å². The average Bonchev–Trinajstić information content (AvgIpc) is 2.38. The first-order valence-corrected chi connectivity index (χ1v) is 5.99. The largest absolute Gasteiger partial charge is 0.398 e. The van der Waals surface area contributed by atoms with Crippen LogP contribution in [0.4, 0.5) is 10.1 Å². The lowest BCUT2D eigenvalue weighted by Crippen LogP contribution is -2.40. The second-order valence-electron chi connectivity index (χ2n) is 4.49. The molecule has 1 aliphatic heterocycles. The van der Waals surface area contributed by atoms with Gasteiger partial charge in [-0.1, -0.05) is 0 Å². The summed E-state index contributed by atoms with van der Waals surface area (Å²) in [5.74, 6) is -0.600. The average molecular weight is 252 g/mol. The second-order valence-corrected chi connectivity index (χ2v) is 4.49. The third kappa shape index (κ3) is 2.61. The molecule has 0 aromatic heterocycles. The van der Waals surface area contributed by atoms with Crippen LogP contribution in [0, 0.1) is 5.82 Å². The highest BCUT2D eigenvalue weighted by molar-refractivity contribution is 5.99. The molecule has 2 N–H and O–H groups in total. The fourth-order valence-electron chi connectivity index (χ4n) is 2.16. The van der Waals surface area contributed by atoms with Crippen LogP contribution in [0.25, 0.3) is 0 Å². The van der Waals surface area contributed by atoms with Crippen LogP contribution in [-0.2, 0) is 4.74 Å². The summed E-state index contributed by atoms with van der Waals surface area (Å²) < 4.78 is 18.2. The number of halogens is 1. The van der Waals surface area contributed by atoms with Crippen molar-refractivity contribution in [2.75, 3.05) is 26.0 Å². The number of rotatable bonds is 2. The smallest absolute Gasteiger partial charge is 0.255 e. The number of benzene rings is 1. The van der Waals surface area contributed by atoms with Crippen molar-refractivity contribution in [3.8, 4) is 0 Å². The second kappa shape index (κ2) is 5.35. The number of nitrogens with zero attached hydrogens (tertiary/aromatic N) is 1. The van der Waals surface area contributed by atoms with Crippen LogP contribution in [0.2, 0.25) is 0 Å². The quantitative estimate of drug-likeness (QED) is 0.814. The lowest BCUT2D eigenvalue weighted by Gasteiger charge is -2.31. The molecule has 0 saturated carbocycles. The topological polar surface area (TPSA) is 55.6 Å². The fraction of sp³-hybridized carbons (Fsp3) is 0.462. The molecular formula is C13H17FN2O2. The monoisotopic (exact) mass is 252 g/mol. The maximum atomic E-state index is 12.9. The molecule has 1 aliphatic rings. The van der Waals surface area contributed by atoms with Gasteiger partial charge in [0.05, 0.1) is 5.56 Å². The molecule has 1 amide bonds. The van der Waals surface area contributed by atoms with Gasteiger partial charge in [0.15, 0.2) is 0 Å². The van der Waals surface area contributed by atoms with Crippen molar-refractivity contribution in [1.82, 2.24) is 4.90 Å². The number of ether oxygens (including phenoxy) is 1. The minimum atomic E-state index is -0.433. The van der Waals surface area contributed by atoms with Gasteiger partial charge in [-0.05, 0) is 31.0 Å². The van der Waals surface area contributed by atoms with Gasteiger partial charge >= 0.3 is 0 Å². The first-order valence-electron chi connectivity index (χ1n) is 5.99. The Kier molecular flexibility index (Phi) is 3.81. The summed E-state index contributed by atoms with van der Waals surface area (Å²) >= 11 is 0. The molecule has 1 aromatic carbocycles. The molecule has 2 rings (SSSR count).